The van der Waals surface area contributed by atoms with Crippen molar-refractivity contribution in [3.05, 3.63) is 77.0 Å². The fourth-order valence-corrected chi connectivity index (χ4v) is 3.14. The topological polar surface area (TPSA) is 12.9 Å². The number of fused-ring (bicyclic) bond motifs is 2. The minimum Gasteiger partial charge on any atom is -0.252 e. The summed E-state index contributed by atoms with van der Waals surface area (Å²) in [5.41, 5.74) is 6.65. The van der Waals surface area contributed by atoms with E-state index in [0.717, 1.165) is 17.6 Å². The second-order valence-corrected chi connectivity index (χ2v) is 5.63. The van der Waals surface area contributed by atoms with Gasteiger partial charge in [-0.05, 0) is 54.2 Å². The second-order valence-electron chi connectivity index (χ2n) is 5.63. The standard InChI is InChI=1S/C19H17N/c1-2-5-14(6-3-1)11-18-10-9-17-12-15-7-4-8-16(15)13-19(17)20-18/h1-3,5-6,9-10,12-13H,4,7-8,11H2. The molecule has 0 amide bonds. The van der Waals surface area contributed by atoms with Crippen molar-refractivity contribution in [3.8, 4) is 0 Å². The third-order valence-corrected chi connectivity index (χ3v) is 4.19. The normalized spacial score (nSPS) is 13.6. The van der Waals surface area contributed by atoms with E-state index >= 15 is 0 Å². The molecule has 0 fully saturated rings. The molecule has 1 aliphatic carbocycles. The second kappa shape index (κ2) is 4.75. The molecule has 0 bridgehead atoms. The lowest BCUT2D eigenvalue weighted by Crippen LogP contribution is -1.93. The van der Waals surface area contributed by atoms with Crippen LogP contribution in [-0.2, 0) is 19.3 Å². The highest BCUT2D eigenvalue weighted by molar-refractivity contribution is 5.81. The van der Waals surface area contributed by atoms with Crippen LogP contribution in [0.1, 0.15) is 28.8 Å². The maximum Gasteiger partial charge on any atom is 0.0708 e. The molecule has 1 aliphatic rings. The van der Waals surface area contributed by atoms with Gasteiger partial charge in [-0.3, -0.25) is 4.98 Å². The van der Waals surface area contributed by atoms with Gasteiger partial charge < -0.3 is 0 Å². The summed E-state index contributed by atoms with van der Waals surface area (Å²) in [5.74, 6) is 0. The number of rotatable bonds is 2. The number of aromatic nitrogens is 1. The molecular formula is C19H17N. The van der Waals surface area contributed by atoms with Gasteiger partial charge in [0.05, 0.1) is 5.52 Å². The maximum atomic E-state index is 4.85. The Morgan fingerprint density at radius 3 is 2.50 bits per heavy atom. The number of hydrogen-bond acceptors (Lipinski definition) is 1. The average Bonchev–Trinajstić information content (AvgIpc) is 2.93. The van der Waals surface area contributed by atoms with Gasteiger partial charge in [0, 0.05) is 17.5 Å². The molecule has 98 valence electrons. The molecule has 0 aliphatic heterocycles. The van der Waals surface area contributed by atoms with Crippen LogP contribution in [0.2, 0.25) is 0 Å². The zero-order valence-corrected chi connectivity index (χ0v) is 11.5. The van der Waals surface area contributed by atoms with Gasteiger partial charge in [0.15, 0.2) is 0 Å². The largest absolute Gasteiger partial charge is 0.252 e. The molecule has 1 nitrogen and oxygen atoms in total. The molecule has 3 aromatic rings. The van der Waals surface area contributed by atoms with Crippen LogP contribution in [0.15, 0.2) is 54.6 Å². The summed E-state index contributed by atoms with van der Waals surface area (Å²) in [6.07, 6.45) is 4.66. The molecule has 0 unspecified atom stereocenters. The number of pyridine rings is 1. The van der Waals surface area contributed by atoms with Gasteiger partial charge >= 0.3 is 0 Å². The molecule has 0 radical (unpaired) electrons. The average molecular weight is 259 g/mol. The van der Waals surface area contributed by atoms with Crippen LogP contribution < -0.4 is 0 Å². The highest BCUT2D eigenvalue weighted by Crippen LogP contribution is 2.26. The summed E-state index contributed by atoms with van der Waals surface area (Å²) in [7, 11) is 0. The summed E-state index contributed by atoms with van der Waals surface area (Å²) >= 11 is 0. The molecule has 0 saturated heterocycles. The molecular weight excluding hydrogens is 242 g/mol. The van der Waals surface area contributed by atoms with Crippen molar-refractivity contribution in [2.24, 2.45) is 0 Å². The van der Waals surface area contributed by atoms with Crippen LogP contribution in [0.5, 0.6) is 0 Å². The maximum absolute atomic E-state index is 4.85. The Bertz CT molecular complexity index is 759. The molecule has 0 N–H and O–H groups in total. The van der Waals surface area contributed by atoms with E-state index in [0.29, 0.717) is 0 Å². The zero-order valence-electron chi connectivity index (χ0n) is 11.5. The number of benzene rings is 2. The first-order valence-electron chi connectivity index (χ1n) is 7.34. The molecule has 1 heteroatoms. The number of nitrogens with zero attached hydrogens (tertiary/aromatic N) is 1. The van der Waals surface area contributed by atoms with E-state index in [2.05, 4.69) is 54.6 Å². The van der Waals surface area contributed by atoms with Crippen LogP contribution in [0.4, 0.5) is 0 Å². The molecule has 20 heavy (non-hydrogen) atoms. The van der Waals surface area contributed by atoms with E-state index in [1.54, 1.807) is 0 Å². The Hall–Kier alpha value is -2.15. The van der Waals surface area contributed by atoms with E-state index in [-0.39, 0.29) is 0 Å². The molecule has 0 atom stereocenters. The van der Waals surface area contributed by atoms with E-state index < -0.39 is 0 Å². The van der Waals surface area contributed by atoms with Gasteiger partial charge in [-0.2, -0.15) is 0 Å². The first kappa shape index (κ1) is 11.7. The summed E-state index contributed by atoms with van der Waals surface area (Å²) in [4.78, 5) is 4.85. The predicted molar refractivity (Wildman–Crippen MR) is 83.0 cm³/mol. The van der Waals surface area contributed by atoms with Crippen molar-refractivity contribution >= 4 is 10.9 Å². The van der Waals surface area contributed by atoms with Crippen LogP contribution in [0.25, 0.3) is 10.9 Å². The lowest BCUT2D eigenvalue weighted by atomic mass is 10.0. The Balaban J connectivity index is 1.73. The Morgan fingerprint density at radius 2 is 1.65 bits per heavy atom. The third kappa shape index (κ3) is 2.09. The lowest BCUT2D eigenvalue weighted by molar-refractivity contribution is 0.912. The van der Waals surface area contributed by atoms with Crippen molar-refractivity contribution in [2.45, 2.75) is 25.7 Å². The van der Waals surface area contributed by atoms with Gasteiger partial charge in [0.2, 0.25) is 0 Å². The van der Waals surface area contributed by atoms with Gasteiger partial charge in [-0.1, -0.05) is 36.4 Å². The Labute approximate surface area is 119 Å². The fourth-order valence-electron chi connectivity index (χ4n) is 3.14. The summed E-state index contributed by atoms with van der Waals surface area (Å²) < 4.78 is 0. The van der Waals surface area contributed by atoms with Crippen LogP contribution in [-0.4, -0.2) is 4.98 Å². The summed E-state index contributed by atoms with van der Waals surface area (Å²) in [6, 6.07) is 19.6. The third-order valence-electron chi connectivity index (χ3n) is 4.19. The lowest BCUT2D eigenvalue weighted by Gasteiger charge is -2.06. The summed E-state index contributed by atoms with van der Waals surface area (Å²) in [5, 5.41) is 1.28. The van der Waals surface area contributed by atoms with Gasteiger partial charge in [0.25, 0.3) is 0 Å². The smallest absolute Gasteiger partial charge is 0.0708 e. The van der Waals surface area contributed by atoms with Crippen LogP contribution >= 0.6 is 0 Å². The van der Waals surface area contributed by atoms with Crippen molar-refractivity contribution < 1.29 is 0 Å². The molecule has 0 spiro atoms. The molecule has 1 heterocycles. The summed E-state index contributed by atoms with van der Waals surface area (Å²) in [6.45, 7) is 0. The zero-order chi connectivity index (χ0) is 13.4. The predicted octanol–water partition coefficient (Wildman–Crippen LogP) is 4.31. The minimum atomic E-state index is 0.911. The van der Waals surface area contributed by atoms with E-state index in [1.807, 2.05) is 0 Å². The van der Waals surface area contributed by atoms with Crippen molar-refractivity contribution in [1.29, 1.82) is 0 Å². The van der Waals surface area contributed by atoms with E-state index in [4.69, 9.17) is 4.98 Å². The quantitative estimate of drug-likeness (QED) is 0.668. The van der Waals surface area contributed by atoms with Gasteiger partial charge in [-0.25, -0.2) is 0 Å². The van der Waals surface area contributed by atoms with Crippen LogP contribution in [0.3, 0.4) is 0 Å². The van der Waals surface area contributed by atoms with E-state index in [9.17, 15) is 0 Å². The monoisotopic (exact) mass is 259 g/mol. The highest BCUT2D eigenvalue weighted by Gasteiger charge is 2.12. The van der Waals surface area contributed by atoms with Crippen LogP contribution in [0, 0.1) is 0 Å². The fraction of sp³-hybridized carbons (Fsp3) is 0.211. The highest BCUT2D eigenvalue weighted by atomic mass is 14.7. The number of hydrogen-bond donors (Lipinski definition) is 0. The molecule has 1 aromatic heterocycles. The minimum absolute atomic E-state index is 0.911. The molecule has 4 rings (SSSR count). The molecule has 0 saturated carbocycles. The van der Waals surface area contributed by atoms with Crippen molar-refractivity contribution in [2.75, 3.05) is 0 Å². The first-order chi connectivity index (χ1) is 9.88. The van der Waals surface area contributed by atoms with Crippen molar-refractivity contribution in [3.63, 3.8) is 0 Å². The Kier molecular flexibility index (Phi) is 2.77. The Morgan fingerprint density at radius 1 is 0.850 bits per heavy atom. The van der Waals surface area contributed by atoms with Crippen molar-refractivity contribution in [1.82, 2.24) is 4.98 Å². The SMILES string of the molecule is c1ccc(Cc2ccc3cc4c(cc3n2)CCC4)cc1. The first-order valence-corrected chi connectivity index (χ1v) is 7.34. The van der Waals surface area contributed by atoms with Gasteiger partial charge in [0.1, 0.15) is 0 Å². The van der Waals surface area contributed by atoms with E-state index in [1.165, 1.54) is 41.3 Å². The molecule has 2 aromatic carbocycles. The van der Waals surface area contributed by atoms with Gasteiger partial charge in [-0.15, -0.1) is 0 Å². The number of aryl methyl sites for hydroxylation is 2.